The molecule has 0 unspecified atom stereocenters. The van der Waals surface area contributed by atoms with Gasteiger partial charge in [-0.3, -0.25) is 4.57 Å². The van der Waals surface area contributed by atoms with Crippen LogP contribution in [0.15, 0.2) is 59.1 Å². The van der Waals surface area contributed by atoms with Gasteiger partial charge in [-0.25, -0.2) is 4.98 Å². The molecule has 0 N–H and O–H groups in total. The van der Waals surface area contributed by atoms with E-state index in [4.69, 9.17) is 9.72 Å². The number of thiazole rings is 1. The van der Waals surface area contributed by atoms with Crippen LogP contribution in [0.4, 0.5) is 0 Å². The maximum absolute atomic E-state index is 5.46. The fraction of sp³-hybridized carbons (Fsp3) is 0.190. The first-order valence-electron chi connectivity index (χ1n) is 8.86. The molecular weight excluding hydrogens is 388 g/mol. The summed E-state index contributed by atoms with van der Waals surface area (Å²) in [4.78, 5) is 4.79. The molecule has 0 spiro atoms. The summed E-state index contributed by atoms with van der Waals surface area (Å²) in [7, 11) is 1.68. The Hall–Kier alpha value is -2.64. The quantitative estimate of drug-likeness (QED) is 0.405. The number of para-hydroxylation sites is 2. The fourth-order valence-corrected chi connectivity index (χ4v) is 4.82. The molecule has 0 aliphatic heterocycles. The van der Waals surface area contributed by atoms with Crippen LogP contribution in [0.3, 0.4) is 0 Å². The van der Waals surface area contributed by atoms with Crippen molar-refractivity contribution in [1.82, 2.24) is 19.7 Å². The number of benzene rings is 2. The van der Waals surface area contributed by atoms with E-state index in [9.17, 15) is 0 Å². The first-order chi connectivity index (χ1) is 13.7. The van der Waals surface area contributed by atoms with Crippen molar-refractivity contribution in [3.63, 3.8) is 0 Å². The lowest BCUT2D eigenvalue weighted by Gasteiger charge is -2.10. The van der Waals surface area contributed by atoms with Crippen molar-refractivity contribution in [3.05, 3.63) is 71.0 Å². The van der Waals surface area contributed by atoms with E-state index in [1.165, 1.54) is 5.56 Å². The Morgan fingerprint density at radius 3 is 2.64 bits per heavy atom. The summed E-state index contributed by atoms with van der Waals surface area (Å²) in [5, 5.41) is 12.6. The van der Waals surface area contributed by atoms with Gasteiger partial charge in [-0.15, -0.1) is 21.5 Å². The fourth-order valence-electron chi connectivity index (χ4n) is 2.98. The molecule has 2 aromatic carbocycles. The van der Waals surface area contributed by atoms with Gasteiger partial charge in [-0.2, -0.15) is 0 Å². The number of aromatic nitrogens is 4. The van der Waals surface area contributed by atoms with E-state index in [-0.39, 0.29) is 0 Å². The zero-order valence-corrected chi connectivity index (χ0v) is 17.5. The number of hydrogen-bond acceptors (Lipinski definition) is 6. The second kappa shape index (κ2) is 8.16. The highest BCUT2D eigenvalue weighted by atomic mass is 32.2. The Labute approximate surface area is 172 Å². The molecule has 0 bridgehead atoms. The van der Waals surface area contributed by atoms with Crippen LogP contribution < -0.4 is 4.74 Å². The molecule has 7 heteroatoms. The Morgan fingerprint density at radius 2 is 1.82 bits per heavy atom. The molecule has 0 aliphatic rings. The van der Waals surface area contributed by atoms with Gasteiger partial charge in [0.05, 0.1) is 24.1 Å². The van der Waals surface area contributed by atoms with Crippen molar-refractivity contribution in [2.24, 2.45) is 0 Å². The van der Waals surface area contributed by atoms with Crippen LogP contribution in [0.1, 0.15) is 17.1 Å². The Balaban J connectivity index is 1.56. The minimum atomic E-state index is 0.732. The molecule has 0 fully saturated rings. The summed E-state index contributed by atoms with van der Waals surface area (Å²) >= 11 is 3.27. The second-order valence-electron chi connectivity index (χ2n) is 6.28. The molecule has 2 heterocycles. The first kappa shape index (κ1) is 18.7. The monoisotopic (exact) mass is 408 g/mol. The normalized spacial score (nSPS) is 11.0. The van der Waals surface area contributed by atoms with Gasteiger partial charge in [-0.1, -0.05) is 42.1 Å². The zero-order valence-electron chi connectivity index (χ0n) is 15.9. The average molecular weight is 409 g/mol. The lowest BCUT2D eigenvalue weighted by atomic mass is 10.2. The number of nitrogens with zero attached hydrogens (tertiary/aromatic N) is 4. The highest BCUT2D eigenvalue weighted by molar-refractivity contribution is 7.98. The van der Waals surface area contributed by atoms with E-state index in [1.54, 1.807) is 30.2 Å². The van der Waals surface area contributed by atoms with E-state index in [1.807, 2.05) is 43.3 Å². The molecule has 0 atom stereocenters. The molecule has 28 heavy (non-hydrogen) atoms. The van der Waals surface area contributed by atoms with E-state index in [0.29, 0.717) is 0 Å². The van der Waals surface area contributed by atoms with Crippen molar-refractivity contribution in [1.29, 1.82) is 0 Å². The third-order valence-electron chi connectivity index (χ3n) is 4.39. The predicted molar refractivity (Wildman–Crippen MR) is 114 cm³/mol. The van der Waals surface area contributed by atoms with Crippen LogP contribution in [0.2, 0.25) is 0 Å². The topological polar surface area (TPSA) is 52.8 Å². The zero-order chi connectivity index (χ0) is 19.5. The number of methoxy groups -OCH3 is 1. The molecule has 0 radical (unpaired) electrons. The minimum Gasteiger partial charge on any atom is -0.496 e. The standard InChI is InChI=1S/C21H20N4OS2/c1-14-8-4-6-10-18(14)25-15(2)23-24-21(25)28-13-16-12-27-20(22-16)17-9-5-7-11-19(17)26-3/h4-12H,13H2,1-3H3. The van der Waals surface area contributed by atoms with Gasteiger partial charge in [-0.05, 0) is 37.6 Å². The van der Waals surface area contributed by atoms with Crippen molar-refractivity contribution in [2.45, 2.75) is 24.8 Å². The SMILES string of the molecule is COc1ccccc1-c1nc(CSc2nnc(C)n2-c2ccccc2C)cs1. The minimum absolute atomic E-state index is 0.732. The van der Waals surface area contributed by atoms with Gasteiger partial charge < -0.3 is 4.74 Å². The van der Waals surface area contributed by atoms with Crippen molar-refractivity contribution < 1.29 is 4.74 Å². The smallest absolute Gasteiger partial charge is 0.196 e. The molecular formula is C21H20N4OS2. The molecule has 0 amide bonds. The molecule has 0 aliphatic carbocycles. The van der Waals surface area contributed by atoms with Crippen molar-refractivity contribution in [3.8, 4) is 22.0 Å². The summed E-state index contributed by atoms with van der Waals surface area (Å²) < 4.78 is 7.56. The second-order valence-corrected chi connectivity index (χ2v) is 8.09. The third kappa shape index (κ3) is 3.68. The van der Waals surface area contributed by atoms with Gasteiger partial charge in [0, 0.05) is 11.1 Å². The first-order valence-corrected chi connectivity index (χ1v) is 10.7. The number of thioether (sulfide) groups is 1. The van der Waals surface area contributed by atoms with Crippen molar-refractivity contribution in [2.75, 3.05) is 7.11 Å². The summed E-state index contributed by atoms with van der Waals surface area (Å²) in [5.41, 5.74) is 4.35. The third-order valence-corrected chi connectivity index (χ3v) is 6.28. The summed E-state index contributed by atoms with van der Waals surface area (Å²) in [6.07, 6.45) is 0. The van der Waals surface area contributed by atoms with Gasteiger partial charge in [0.2, 0.25) is 0 Å². The number of rotatable bonds is 6. The molecule has 0 saturated carbocycles. The number of ether oxygens (including phenoxy) is 1. The van der Waals surface area contributed by atoms with Gasteiger partial charge in [0.15, 0.2) is 5.16 Å². The Bertz CT molecular complexity index is 1100. The molecule has 4 rings (SSSR count). The molecule has 2 aromatic heterocycles. The Kier molecular flexibility index (Phi) is 5.45. The summed E-state index contributed by atoms with van der Waals surface area (Å²) in [5.74, 6) is 2.45. The summed E-state index contributed by atoms with van der Waals surface area (Å²) in [6.45, 7) is 4.08. The molecule has 0 saturated heterocycles. The highest BCUT2D eigenvalue weighted by Gasteiger charge is 2.15. The van der Waals surface area contributed by atoms with E-state index in [2.05, 4.69) is 39.2 Å². The van der Waals surface area contributed by atoms with Gasteiger partial charge in [0.1, 0.15) is 16.6 Å². The molecule has 5 nitrogen and oxygen atoms in total. The van der Waals surface area contributed by atoms with E-state index < -0.39 is 0 Å². The maximum Gasteiger partial charge on any atom is 0.196 e. The Morgan fingerprint density at radius 1 is 1.04 bits per heavy atom. The van der Waals surface area contributed by atoms with Crippen LogP contribution in [0.5, 0.6) is 5.75 Å². The molecule has 4 aromatic rings. The highest BCUT2D eigenvalue weighted by Crippen LogP contribution is 2.33. The van der Waals surface area contributed by atoms with Crippen LogP contribution in [0.25, 0.3) is 16.3 Å². The lowest BCUT2D eigenvalue weighted by molar-refractivity contribution is 0.416. The van der Waals surface area contributed by atoms with Gasteiger partial charge >= 0.3 is 0 Å². The van der Waals surface area contributed by atoms with Crippen LogP contribution in [0, 0.1) is 13.8 Å². The number of hydrogen-bond donors (Lipinski definition) is 0. The number of aryl methyl sites for hydroxylation is 2. The lowest BCUT2D eigenvalue weighted by Crippen LogP contribution is -2.01. The molecule has 142 valence electrons. The van der Waals surface area contributed by atoms with Crippen LogP contribution >= 0.6 is 23.1 Å². The van der Waals surface area contributed by atoms with Gasteiger partial charge in [0.25, 0.3) is 0 Å². The maximum atomic E-state index is 5.46. The average Bonchev–Trinajstić information content (AvgIpc) is 3.33. The van der Waals surface area contributed by atoms with E-state index >= 15 is 0 Å². The predicted octanol–water partition coefficient (Wildman–Crippen LogP) is 5.31. The van der Waals surface area contributed by atoms with E-state index in [0.717, 1.165) is 44.4 Å². The largest absolute Gasteiger partial charge is 0.496 e. The summed E-state index contributed by atoms with van der Waals surface area (Å²) in [6, 6.07) is 16.2. The van der Waals surface area contributed by atoms with Crippen molar-refractivity contribution >= 4 is 23.1 Å². The van der Waals surface area contributed by atoms with Crippen LogP contribution in [-0.4, -0.2) is 26.9 Å². The van der Waals surface area contributed by atoms with Crippen LogP contribution in [-0.2, 0) is 5.75 Å².